The number of benzene rings is 1. The van der Waals surface area contributed by atoms with Gasteiger partial charge >= 0.3 is 0 Å². The highest BCUT2D eigenvalue weighted by molar-refractivity contribution is 7.89. The molecule has 3 N–H and O–H groups in total. The smallest absolute Gasteiger partial charge is 0.251 e. The van der Waals surface area contributed by atoms with Gasteiger partial charge in [-0.3, -0.25) is 4.79 Å². The van der Waals surface area contributed by atoms with Crippen molar-refractivity contribution < 1.29 is 13.2 Å². The summed E-state index contributed by atoms with van der Waals surface area (Å²) in [6.07, 6.45) is 4.29. The number of carbonyl (C=O) groups is 1. The van der Waals surface area contributed by atoms with E-state index in [1.165, 1.54) is 6.07 Å². The molecule has 1 atom stereocenters. The molecule has 160 valence electrons. The second-order valence-electron chi connectivity index (χ2n) is 7.69. The number of hydrogen-bond acceptors (Lipinski definition) is 4. The zero-order valence-electron chi connectivity index (χ0n) is 17.3. The summed E-state index contributed by atoms with van der Waals surface area (Å²) in [7, 11) is -3.61. The fourth-order valence-corrected chi connectivity index (χ4v) is 5.15. The first-order chi connectivity index (χ1) is 12.6. The second kappa shape index (κ2) is 10.1. The minimum atomic E-state index is -3.61. The molecule has 8 heteroatoms. The molecule has 6 nitrogen and oxygen atoms in total. The van der Waals surface area contributed by atoms with Crippen molar-refractivity contribution in [3.05, 3.63) is 29.3 Å². The number of hydrogen-bond donors (Lipinski definition) is 2. The Kier molecular flexibility index (Phi) is 8.93. The minimum absolute atomic E-state index is 0. The molecule has 1 fully saturated rings. The zero-order valence-corrected chi connectivity index (χ0v) is 19.0. The first-order valence-electron chi connectivity index (χ1n) is 9.84. The van der Waals surface area contributed by atoms with E-state index >= 15 is 0 Å². The van der Waals surface area contributed by atoms with Crippen LogP contribution in [-0.4, -0.2) is 43.3 Å². The van der Waals surface area contributed by atoms with Crippen molar-refractivity contribution in [2.24, 2.45) is 5.73 Å². The molecule has 0 radical (unpaired) electrons. The van der Waals surface area contributed by atoms with Crippen LogP contribution in [0.3, 0.4) is 0 Å². The Hall–Kier alpha value is -1.15. The molecular weight excluding hydrogens is 398 g/mol. The van der Waals surface area contributed by atoms with Gasteiger partial charge in [-0.1, -0.05) is 26.3 Å². The number of rotatable bonds is 7. The van der Waals surface area contributed by atoms with E-state index in [9.17, 15) is 13.2 Å². The van der Waals surface area contributed by atoms with Crippen molar-refractivity contribution in [2.75, 3.05) is 13.1 Å². The van der Waals surface area contributed by atoms with Gasteiger partial charge in [0.25, 0.3) is 5.91 Å². The van der Waals surface area contributed by atoms with Crippen LogP contribution in [0.15, 0.2) is 23.1 Å². The fraction of sp³-hybridized carbons (Fsp3) is 0.650. The van der Waals surface area contributed by atoms with Gasteiger partial charge < -0.3 is 11.1 Å². The lowest BCUT2D eigenvalue weighted by Gasteiger charge is -2.32. The Morgan fingerprint density at radius 1 is 1.29 bits per heavy atom. The lowest BCUT2D eigenvalue weighted by Crippen LogP contribution is -2.49. The van der Waals surface area contributed by atoms with Gasteiger partial charge in [0.1, 0.15) is 0 Å². The topological polar surface area (TPSA) is 92.5 Å². The van der Waals surface area contributed by atoms with Gasteiger partial charge in [0, 0.05) is 30.2 Å². The van der Waals surface area contributed by atoms with Crippen molar-refractivity contribution in [2.45, 2.75) is 76.3 Å². The van der Waals surface area contributed by atoms with E-state index < -0.39 is 15.6 Å². The van der Waals surface area contributed by atoms with Gasteiger partial charge in [-0.25, -0.2) is 8.42 Å². The number of sulfonamides is 1. The Balaban J connectivity index is 0.00000392. The number of aryl methyl sites for hydroxylation is 1. The summed E-state index contributed by atoms with van der Waals surface area (Å²) in [5.41, 5.74) is 6.94. The highest BCUT2D eigenvalue weighted by Gasteiger charge is 2.31. The summed E-state index contributed by atoms with van der Waals surface area (Å²) in [5, 5.41) is 2.88. The maximum Gasteiger partial charge on any atom is 0.251 e. The maximum absolute atomic E-state index is 13.1. The summed E-state index contributed by atoms with van der Waals surface area (Å²) in [6.45, 7) is 8.63. The standard InChI is InChI=1S/C20H33N3O3S.ClH/c1-5-20(21,6-2)14-22-19(24)18-13-17(11-10-15(18)3)27(25,26)23-12-8-7-9-16(23)4;/h10-11,13,16H,5-9,12,14,21H2,1-4H3,(H,22,24);1H. The third kappa shape index (κ3) is 5.47. The third-order valence-electron chi connectivity index (χ3n) is 5.81. The first-order valence-corrected chi connectivity index (χ1v) is 11.3. The van der Waals surface area contributed by atoms with E-state index in [1.807, 2.05) is 27.7 Å². The van der Waals surface area contributed by atoms with Crippen molar-refractivity contribution in [1.82, 2.24) is 9.62 Å². The molecular formula is C20H34ClN3O3S. The van der Waals surface area contributed by atoms with Crippen LogP contribution in [0.4, 0.5) is 0 Å². The molecule has 0 aromatic heterocycles. The van der Waals surface area contributed by atoms with E-state index in [4.69, 9.17) is 5.73 Å². The van der Waals surface area contributed by atoms with Crippen LogP contribution in [0, 0.1) is 6.92 Å². The molecule has 1 aromatic carbocycles. The monoisotopic (exact) mass is 431 g/mol. The molecule has 0 saturated carbocycles. The lowest BCUT2D eigenvalue weighted by molar-refractivity contribution is 0.0941. The maximum atomic E-state index is 13.1. The Labute approximate surface area is 175 Å². The van der Waals surface area contributed by atoms with Crippen molar-refractivity contribution in [3.63, 3.8) is 0 Å². The predicted molar refractivity (Wildman–Crippen MR) is 115 cm³/mol. The van der Waals surface area contributed by atoms with E-state index in [0.29, 0.717) is 18.7 Å². The SMILES string of the molecule is CCC(N)(CC)CNC(=O)c1cc(S(=O)(=O)N2CCCCC2C)ccc1C.Cl. The minimum Gasteiger partial charge on any atom is -0.350 e. The summed E-state index contributed by atoms with van der Waals surface area (Å²) in [4.78, 5) is 12.9. The molecule has 1 unspecified atom stereocenters. The van der Waals surface area contributed by atoms with Crippen LogP contribution in [-0.2, 0) is 10.0 Å². The highest BCUT2D eigenvalue weighted by atomic mass is 35.5. The molecule has 1 aromatic rings. The average molecular weight is 432 g/mol. The quantitative estimate of drug-likeness (QED) is 0.693. The molecule has 1 saturated heterocycles. The molecule has 1 amide bonds. The van der Waals surface area contributed by atoms with Gasteiger partial charge in [-0.15, -0.1) is 12.4 Å². The van der Waals surface area contributed by atoms with Crippen molar-refractivity contribution in [1.29, 1.82) is 0 Å². The van der Waals surface area contributed by atoms with Crippen LogP contribution in [0.5, 0.6) is 0 Å². The van der Waals surface area contributed by atoms with Crippen LogP contribution in [0.2, 0.25) is 0 Å². The van der Waals surface area contributed by atoms with Crippen LogP contribution in [0.25, 0.3) is 0 Å². The Morgan fingerprint density at radius 2 is 1.93 bits per heavy atom. The molecule has 1 heterocycles. The van der Waals surface area contributed by atoms with Crippen LogP contribution in [0.1, 0.15) is 68.8 Å². The highest BCUT2D eigenvalue weighted by Crippen LogP contribution is 2.26. The zero-order chi connectivity index (χ0) is 20.2. The van der Waals surface area contributed by atoms with Crippen molar-refractivity contribution >= 4 is 28.3 Å². The molecule has 2 rings (SSSR count). The molecule has 1 aliphatic rings. The van der Waals surface area contributed by atoms with Crippen molar-refractivity contribution in [3.8, 4) is 0 Å². The van der Waals surface area contributed by atoms with Gasteiger partial charge in [-0.2, -0.15) is 4.31 Å². The first kappa shape index (κ1) is 24.9. The van der Waals surface area contributed by atoms with Gasteiger partial charge in [0.15, 0.2) is 0 Å². The van der Waals surface area contributed by atoms with E-state index in [-0.39, 0.29) is 29.3 Å². The number of nitrogens with two attached hydrogens (primary N) is 1. The van der Waals surface area contributed by atoms with Crippen LogP contribution >= 0.6 is 12.4 Å². The number of nitrogens with zero attached hydrogens (tertiary/aromatic N) is 1. The number of amides is 1. The normalized spacial score (nSPS) is 18.4. The molecule has 1 aliphatic heterocycles. The Morgan fingerprint density at radius 3 is 2.50 bits per heavy atom. The number of carbonyl (C=O) groups excluding carboxylic acids is 1. The summed E-state index contributed by atoms with van der Waals surface area (Å²) in [6, 6.07) is 4.77. The number of nitrogens with one attached hydrogen (secondary N) is 1. The summed E-state index contributed by atoms with van der Waals surface area (Å²) in [5.74, 6) is -0.284. The van der Waals surface area contributed by atoms with Gasteiger partial charge in [-0.05, 0) is 57.2 Å². The summed E-state index contributed by atoms with van der Waals surface area (Å²) >= 11 is 0. The van der Waals surface area contributed by atoms with Crippen LogP contribution < -0.4 is 11.1 Å². The molecule has 28 heavy (non-hydrogen) atoms. The van der Waals surface area contributed by atoms with Gasteiger partial charge in [0.2, 0.25) is 10.0 Å². The van der Waals surface area contributed by atoms with E-state index in [2.05, 4.69) is 5.32 Å². The second-order valence-corrected chi connectivity index (χ2v) is 9.58. The van der Waals surface area contributed by atoms with E-state index in [1.54, 1.807) is 16.4 Å². The fourth-order valence-electron chi connectivity index (χ4n) is 3.42. The predicted octanol–water partition coefficient (Wildman–Crippen LogP) is 3.23. The molecule has 0 bridgehead atoms. The van der Waals surface area contributed by atoms with Gasteiger partial charge in [0.05, 0.1) is 4.90 Å². The van der Waals surface area contributed by atoms with E-state index in [0.717, 1.165) is 37.7 Å². The number of piperidine rings is 1. The average Bonchev–Trinajstić information content (AvgIpc) is 2.66. The molecule has 0 aliphatic carbocycles. The Bertz CT molecular complexity index is 779. The molecule has 0 spiro atoms. The number of halogens is 1. The largest absolute Gasteiger partial charge is 0.350 e. The third-order valence-corrected chi connectivity index (χ3v) is 7.82. The summed E-state index contributed by atoms with van der Waals surface area (Å²) < 4.78 is 27.7. The lowest BCUT2D eigenvalue weighted by atomic mass is 9.94.